The van der Waals surface area contributed by atoms with Crippen molar-refractivity contribution >= 4 is 17.6 Å². The fraction of sp³-hybridized carbons (Fsp3) is 0.474. The van der Waals surface area contributed by atoms with Gasteiger partial charge in [-0.2, -0.15) is 0 Å². The number of hydrogen-bond acceptors (Lipinski definition) is 3. The van der Waals surface area contributed by atoms with Crippen LogP contribution in [0.2, 0.25) is 0 Å². The van der Waals surface area contributed by atoms with Crippen molar-refractivity contribution in [1.82, 2.24) is 15.5 Å². The minimum absolute atomic E-state index is 0.00950. The zero-order valence-corrected chi connectivity index (χ0v) is 15.3. The van der Waals surface area contributed by atoms with E-state index in [0.717, 1.165) is 25.9 Å². The lowest BCUT2D eigenvalue weighted by atomic mass is 10.0. The van der Waals surface area contributed by atoms with E-state index in [-0.39, 0.29) is 18.0 Å². The second-order valence-electron chi connectivity index (χ2n) is 6.45. The Bertz CT molecular complexity index is 642. The number of carbonyl (C=O) groups is 2. The van der Waals surface area contributed by atoms with E-state index in [0.29, 0.717) is 17.8 Å². The minimum Gasteiger partial charge on any atom is -0.352 e. The molecule has 0 saturated carbocycles. The Labute approximate surface area is 149 Å². The molecule has 6 heteroatoms. The van der Waals surface area contributed by atoms with Crippen LogP contribution in [0.5, 0.6) is 0 Å². The van der Waals surface area contributed by atoms with Crippen LogP contribution in [0, 0.1) is 0 Å². The highest BCUT2D eigenvalue weighted by Gasteiger charge is 2.16. The topological polar surface area (TPSA) is 73.5 Å². The van der Waals surface area contributed by atoms with Gasteiger partial charge in [-0.1, -0.05) is 19.1 Å². The van der Waals surface area contributed by atoms with Gasteiger partial charge in [0.05, 0.1) is 0 Å². The Balaban J connectivity index is 1.91. The molecule has 1 aromatic carbocycles. The van der Waals surface area contributed by atoms with E-state index in [4.69, 9.17) is 0 Å². The highest BCUT2D eigenvalue weighted by molar-refractivity contribution is 5.96. The van der Waals surface area contributed by atoms with Gasteiger partial charge >= 0.3 is 6.03 Å². The smallest absolute Gasteiger partial charge is 0.319 e. The number of amides is 3. The second-order valence-corrected chi connectivity index (χ2v) is 6.45. The quantitative estimate of drug-likeness (QED) is 0.695. The molecule has 136 valence electrons. The van der Waals surface area contributed by atoms with Crippen molar-refractivity contribution in [3.8, 4) is 0 Å². The number of nitrogens with zero attached hydrogens (tertiary/aromatic N) is 1. The number of urea groups is 1. The summed E-state index contributed by atoms with van der Waals surface area (Å²) in [5.41, 5.74) is 2.39. The van der Waals surface area contributed by atoms with Gasteiger partial charge in [-0.25, -0.2) is 4.79 Å². The standard InChI is InChI=1S/C19H28N4O2/c1-4-10-20-18(24)16-6-5-7-17(13-16)22-19(25)21-14(2)15-8-11-23(3)12-9-15/h5-8,13-14H,4,9-12H2,1-3H3,(H,20,24)(H2,21,22,25). The molecule has 3 amide bonds. The third-order valence-electron chi connectivity index (χ3n) is 4.27. The van der Waals surface area contributed by atoms with Crippen LogP contribution in [0.25, 0.3) is 0 Å². The van der Waals surface area contributed by atoms with Gasteiger partial charge in [0, 0.05) is 36.9 Å². The van der Waals surface area contributed by atoms with Crippen LogP contribution in [0.4, 0.5) is 10.5 Å². The number of carbonyl (C=O) groups excluding carboxylic acids is 2. The number of hydrogen-bond donors (Lipinski definition) is 3. The maximum absolute atomic E-state index is 12.2. The summed E-state index contributed by atoms with van der Waals surface area (Å²) in [6.45, 7) is 6.56. The Morgan fingerprint density at radius 1 is 1.32 bits per heavy atom. The molecule has 0 bridgehead atoms. The lowest BCUT2D eigenvalue weighted by molar-refractivity contribution is 0.0953. The largest absolute Gasteiger partial charge is 0.352 e. The molecule has 6 nitrogen and oxygen atoms in total. The molecule has 0 radical (unpaired) electrons. The van der Waals surface area contributed by atoms with Gasteiger partial charge in [-0.05, 0) is 50.6 Å². The molecule has 1 heterocycles. The minimum atomic E-state index is -0.265. The van der Waals surface area contributed by atoms with Crippen molar-refractivity contribution in [3.63, 3.8) is 0 Å². The van der Waals surface area contributed by atoms with E-state index in [1.165, 1.54) is 5.57 Å². The van der Waals surface area contributed by atoms with Gasteiger partial charge in [-0.15, -0.1) is 0 Å². The molecule has 2 rings (SSSR count). The maximum Gasteiger partial charge on any atom is 0.319 e. The molecular weight excluding hydrogens is 316 g/mol. The average molecular weight is 344 g/mol. The molecule has 25 heavy (non-hydrogen) atoms. The molecule has 0 spiro atoms. The van der Waals surface area contributed by atoms with Crippen LogP contribution >= 0.6 is 0 Å². The predicted octanol–water partition coefficient (Wildman–Crippen LogP) is 2.60. The first-order chi connectivity index (χ1) is 12.0. The van der Waals surface area contributed by atoms with E-state index >= 15 is 0 Å². The highest BCUT2D eigenvalue weighted by atomic mass is 16.2. The molecule has 1 aliphatic heterocycles. The number of anilines is 1. The Morgan fingerprint density at radius 3 is 2.80 bits per heavy atom. The van der Waals surface area contributed by atoms with Gasteiger partial charge < -0.3 is 20.9 Å². The zero-order chi connectivity index (χ0) is 18.2. The fourth-order valence-electron chi connectivity index (χ4n) is 2.71. The monoisotopic (exact) mass is 344 g/mol. The third-order valence-corrected chi connectivity index (χ3v) is 4.27. The van der Waals surface area contributed by atoms with Crippen molar-refractivity contribution in [2.45, 2.75) is 32.7 Å². The van der Waals surface area contributed by atoms with E-state index in [1.807, 2.05) is 13.8 Å². The summed E-state index contributed by atoms with van der Waals surface area (Å²) >= 11 is 0. The molecule has 3 N–H and O–H groups in total. The summed E-state index contributed by atoms with van der Waals surface area (Å²) in [6.07, 6.45) is 4.02. The normalized spacial score (nSPS) is 15.9. The molecule has 0 aliphatic carbocycles. The summed E-state index contributed by atoms with van der Waals surface area (Å²) in [7, 11) is 2.09. The van der Waals surface area contributed by atoms with Crippen molar-refractivity contribution in [2.24, 2.45) is 0 Å². The van der Waals surface area contributed by atoms with Gasteiger partial charge in [0.1, 0.15) is 0 Å². The Morgan fingerprint density at radius 2 is 2.12 bits per heavy atom. The van der Waals surface area contributed by atoms with Crippen LogP contribution < -0.4 is 16.0 Å². The number of rotatable bonds is 6. The summed E-state index contributed by atoms with van der Waals surface area (Å²) < 4.78 is 0. The molecule has 0 saturated heterocycles. The van der Waals surface area contributed by atoms with Crippen LogP contribution in [0.3, 0.4) is 0 Å². The van der Waals surface area contributed by atoms with Crippen molar-refractivity contribution in [1.29, 1.82) is 0 Å². The molecule has 1 aromatic rings. The lowest BCUT2D eigenvalue weighted by Crippen LogP contribution is -2.39. The highest BCUT2D eigenvalue weighted by Crippen LogP contribution is 2.14. The molecule has 1 unspecified atom stereocenters. The summed E-state index contributed by atoms with van der Waals surface area (Å²) in [5, 5.41) is 8.59. The van der Waals surface area contributed by atoms with Gasteiger partial charge in [0.2, 0.25) is 0 Å². The van der Waals surface area contributed by atoms with E-state index in [1.54, 1.807) is 24.3 Å². The van der Waals surface area contributed by atoms with E-state index in [9.17, 15) is 9.59 Å². The van der Waals surface area contributed by atoms with Crippen LogP contribution in [-0.4, -0.2) is 49.6 Å². The van der Waals surface area contributed by atoms with Gasteiger partial charge in [0.25, 0.3) is 5.91 Å². The summed E-state index contributed by atoms with van der Waals surface area (Å²) in [5.74, 6) is -0.129. The van der Waals surface area contributed by atoms with Crippen molar-refractivity contribution < 1.29 is 9.59 Å². The number of nitrogens with one attached hydrogen (secondary N) is 3. The third kappa shape index (κ3) is 5.90. The van der Waals surface area contributed by atoms with Crippen LogP contribution in [0.15, 0.2) is 35.9 Å². The van der Waals surface area contributed by atoms with E-state index in [2.05, 4.69) is 34.0 Å². The first-order valence-corrected chi connectivity index (χ1v) is 8.83. The molecule has 1 aliphatic rings. The van der Waals surface area contributed by atoms with Crippen LogP contribution in [0.1, 0.15) is 37.0 Å². The average Bonchev–Trinajstić information content (AvgIpc) is 2.60. The lowest BCUT2D eigenvalue weighted by Gasteiger charge is -2.26. The Kier molecular flexibility index (Phi) is 7.01. The van der Waals surface area contributed by atoms with Gasteiger partial charge in [0.15, 0.2) is 0 Å². The SMILES string of the molecule is CCCNC(=O)c1cccc(NC(=O)NC(C)C2=CCN(C)CC2)c1. The molecule has 0 aromatic heterocycles. The predicted molar refractivity (Wildman–Crippen MR) is 101 cm³/mol. The number of benzene rings is 1. The Hall–Kier alpha value is -2.34. The maximum atomic E-state index is 12.2. The summed E-state index contributed by atoms with van der Waals surface area (Å²) in [6, 6.07) is 6.68. The first kappa shape index (κ1) is 19.0. The fourth-order valence-corrected chi connectivity index (χ4v) is 2.71. The molecule has 0 fully saturated rings. The second kappa shape index (κ2) is 9.22. The van der Waals surface area contributed by atoms with Crippen molar-refractivity contribution in [3.05, 3.63) is 41.5 Å². The van der Waals surface area contributed by atoms with Gasteiger partial charge in [-0.3, -0.25) is 4.79 Å². The van der Waals surface area contributed by atoms with E-state index < -0.39 is 0 Å². The number of likely N-dealkylation sites (N-methyl/N-ethyl adjacent to an activating group) is 1. The zero-order valence-electron chi connectivity index (χ0n) is 15.3. The molecule has 1 atom stereocenters. The summed E-state index contributed by atoms with van der Waals surface area (Å²) in [4.78, 5) is 26.5. The van der Waals surface area contributed by atoms with Crippen molar-refractivity contribution in [2.75, 3.05) is 32.0 Å². The molecular formula is C19H28N4O2. The first-order valence-electron chi connectivity index (χ1n) is 8.83. The van der Waals surface area contributed by atoms with Crippen LogP contribution in [-0.2, 0) is 0 Å².